The first-order valence-corrected chi connectivity index (χ1v) is 5.55. The number of H-pyrrole nitrogens is 2. The van der Waals surface area contributed by atoms with E-state index in [-0.39, 0.29) is 5.88 Å². The van der Waals surface area contributed by atoms with Crippen LogP contribution in [0.25, 0.3) is 10.2 Å². The van der Waals surface area contributed by atoms with Gasteiger partial charge in [0, 0.05) is 0 Å². The molecule has 3 aromatic rings. The van der Waals surface area contributed by atoms with Gasteiger partial charge in [0.15, 0.2) is 0 Å². The van der Waals surface area contributed by atoms with Crippen molar-refractivity contribution in [2.45, 2.75) is 0 Å². The topological polar surface area (TPSA) is 75.1 Å². The molecular formula is C10H9N4OS+. The third-order valence-electron chi connectivity index (χ3n) is 2.13. The molecule has 0 radical (unpaired) electrons. The number of para-hydroxylation sites is 1. The van der Waals surface area contributed by atoms with E-state index in [1.807, 2.05) is 24.3 Å². The first-order valence-electron chi connectivity index (χ1n) is 4.73. The van der Waals surface area contributed by atoms with E-state index in [9.17, 15) is 0 Å². The molecule has 0 aliphatic rings. The summed E-state index contributed by atoms with van der Waals surface area (Å²) < 4.78 is 1.13. The van der Waals surface area contributed by atoms with Crippen molar-refractivity contribution in [2.24, 2.45) is 0 Å². The average molecular weight is 233 g/mol. The third kappa shape index (κ3) is 1.59. The maximum absolute atomic E-state index is 9.13. The lowest BCUT2D eigenvalue weighted by Crippen LogP contribution is -2.04. The number of nitrogens with one attached hydrogen (secondary N) is 3. The molecule has 2 aromatic heterocycles. The molecule has 0 spiro atoms. The lowest BCUT2D eigenvalue weighted by molar-refractivity contribution is -0.358. The molecule has 0 atom stereocenters. The van der Waals surface area contributed by atoms with Crippen LogP contribution in [0.3, 0.4) is 0 Å². The lowest BCUT2D eigenvalue weighted by atomic mass is 10.3. The summed E-state index contributed by atoms with van der Waals surface area (Å²) in [5, 5.41) is 13.0. The fourth-order valence-corrected chi connectivity index (χ4v) is 2.31. The first-order chi connectivity index (χ1) is 7.81. The number of nitrogens with zero attached hydrogens (tertiary/aromatic N) is 1. The van der Waals surface area contributed by atoms with Crippen molar-refractivity contribution in [3.8, 4) is 5.88 Å². The fraction of sp³-hybridized carbons (Fsp3) is 0. The van der Waals surface area contributed by atoms with E-state index in [4.69, 9.17) is 5.11 Å². The molecule has 6 heteroatoms. The van der Waals surface area contributed by atoms with E-state index >= 15 is 0 Å². The molecule has 1 aromatic carbocycles. The van der Waals surface area contributed by atoms with Crippen LogP contribution < -0.4 is 10.3 Å². The van der Waals surface area contributed by atoms with Gasteiger partial charge in [-0.15, -0.1) is 0 Å². The molecule has 0 saturated carbocycles. The number of aromatic nitrogens is 3. The number of rotatable bonds is 2. The third-order valence-corrected chi connectivity index (χ3v) is 3.08. The Labute approximate surface area is 94.8 Å². The summed E-state index contributed by atoms with van der Waals surface area (Å²) in [5.41, 5.74) is 0.964. The minimum absolute atomic E-state index is 0.0867. The Morgan fingerprint density at radius 2 is 2.25 bits per heavy atom. The van der Waals surface area contributed by atoms with Gasteiger partial charge in [-0.1, -0.05) is 23.5 Å². The van der Waals surface area contributed by atoms with E-state index in [1.54, 1.807) is 11.3 Å². The van der Waals surface area contributed by atoms with Crippen LogP contribution >= 0.6 is 11.3 Å². The standard InChI is InChI=1S/C10H8N4OS/c15-8-5-11-9(13-8)14-10-12-6-3-1-2-4-7(6)16-10/h1-5,15H,(H2,11,12,13,14)/p+1. The van der Waals surface area contributed by atoms with Crippen molar-refractivity contribution in [2.75, 3.05) is 5.32 Å². The molecule has 0 saturated heterocycles. The first kappa shape index (κ1) is 9.17. The molecule has 0 aliphatic heterocycles. The maximum Gasteiger partial charge on any atom is 0.362 e. The predicted octanol–water partition coefficient (Wildman–Crippen LogP) is 1.89. The number of fused-ring (bicyclic) bond motifs is 1. The van der Waals surface area contributed by atoms with Crippen LogP contribution in [0.15, 0.2) is 30.5 Å². The Bertz CT molecular complexity index is 597. The van der Waals surface area contributed by atoms with Crippen LogP contribution in [-0.4, -0.2) is 15.1 Å². The number of hydrogen-bond acceptors (Lipinski definition) is 4. The highest BCUT2D eigenvalue weighted by atomic mass is 32.1. The smallest absolute Gasteiger partial charge is 0.362 e. The second kappa shape index (κ2) is 3.49. The summed E-state index contributed by atoms with van der Waals surface area (Å²) >= 11 is 1.56. The van der Waals surface area contributed by atoms with Crippen LogP contribution in [-0.2, 0) is 0 Å². The van der Waals surface area contributed by atoms with Crippen LogP contribution in [0, 0.1) is 0 Å². The van der Waals surface area contributed by atoms with Gasteiger partial charge in [-0.3, -0.25) is 0 Å². The van der Waals surface area contributed by atoms with Crippen molar-refractivity contribution in [1.29, 1.82) is 0 Å². The molecule has 0 aliphatic carbocycles. The van der Waals surface area contributed by atoms with Crippen molar-refractivity contribution in [1.82, 2.24) is 9.97 Å². The zero-order valence-electron chi connectivity index (χ0n) is 8.19. The second-order valence-electron chi connectivity index (χ2n) is 3.29. The van der Waals surface area contributed by atoms with E-state index in [0.717, 1.165) is 15.3 Å². The van der Waals surface area contributed by atoms with Gasteiger partial charge in [0.05, 0.1) is 10.2 Å². The predicted molar refractivity (Wildman–Crippen MR) is 61.9 cm³/mol. The molecule has 2 heterocycles. The number of aromatic amines is 2. The van der Waals surface area contributed by atoms with Gasteiger partial charge < -0.3 is 5.11 Å². The van der Waals surface area contributed by atoms with E-state index in [1.165, 1.54) is 6.20 Å². The van der Waals surface area contributed by atoms with Crippen molar-refractivity contribution in [3.63, 3.8) is 0 Å². The van der Waals surface area contributed by atoms with Gasteiger partial charge in [0.2, 0.25) is 0 Å². The maximum atomic E-state index is 9.13. The number of thiazole rings is 1. The highest BCUT2D eigenvalue weighted by Crippen LogP contribution is 2.26. The highest BCUT2D eigenvalue weighted by Gasteiger charge is 2.10. The largest absolute Gasteiger partial charge is 0.481 e. The molecule has 0 amide bonds. The monoisotopic (exact) mass is 233 g/mol. The SMILES string of the molecule is Oc1c[nH+]c(Nc2nc3ccccc3s2)[nH]1. The second-order valence-corrected chi connectivity index (χ2v) is 4.32. The molecule has 0 fully saturated rings. The van der Waals surface area contributed by atoms with Crippen molar-refractivity contribution in [3.05, 3.63) is 30.5 Å². The number of hydrogen-bond donors (Lipinski definition) is 3. The quantitative estimate of drug-likeness (QED) is 0.632. The summed E-state index contributed by atoms with van der Waals surface area (Å²) in [4.78, 5) is 9.98. The summed E-state index contributed by atoms with van der Waals surface area (Å²) in [6.45, 7) is 0. The van der Waals surface area contributed by atoms with Crippen molar-refractivity contribution >= 4 is 32.6 Å². The fourth-order valence-electron chi connectivity index (χ4n) is 1.44. The Morgan fingerprint density at radius 1 is 1.38 bits per heavy atom. The van der Waals surface area contributed by atoms with E-state index in [0.29, 0.717) is 5.95 Å². The van der Waals surface area contributed by atoms with Gasteiger partial charge in [-0.2, -0.15) is 0 Å². The number of anilines is 2. The summed E-state index contributed by atoms with van der Waals surface area (Å²) in [7, 11) is 0. The van der Waals surface area contributed by atoms with Gasteiger partial charge in [0.1, 0.15) is 6.20 Å². The van der Waals surface area contributed by atoms with Gasteiger partial charge in [-0.25, -0.2) is 20.3 Å². The zero-order valence-corrected chi connectivity index (χ0v) is 9.01. The van der Waals surface area contributed by atoms with Gasteiger partial charge in [0.25, 0.3) is 11.0 Å². The minimum Gasteiger partial charge on any atom is -0.481 e. The van der Waals surface area contributed by atoms with Gasteiger partial charge in [-0.05, 0) is 12.1 Å². The van der Waals surface area contributed by atoms with Crippen LogP contribution in [0.2, 0.25) is 0 Å². The minimum atomic E-state index is 0.0867. The molecule has 16 heavy (non-hydrogen) atoms. The summed E-state index contributed by atoms with van der Waals surface area (Å²) in [5.74, 6) is 0.695. The van der Waals surface area contributed by atoms with Crippen LogP contribution in [0.4, 0.5) is 11.1 Å². The van der Waals surface area contributed by atoms with Crippen LogP contribution in [0.1, 0.15) is 0 Å². The Morgan fingerprint density at radius 3 is 3.00 bits per heavy atom. The highest BCUT2D eigenvalue weighted by molar-refractivity contribution is 7.22. The Balaban J connectivity index is 1.95. The molecule has 4 N–H and O–H groups in total. The normalized spacial score (nSPS) is 10.8. The Hall–Kier alpha value is -2.08. The molecule has 5 nitrogen and oxygen atoms in total. The van der Waals surface area contributed by atoms with Crippen molar-refractivity contribution < 1.29 is 10.1 Å². The van der Waals surface area contributed by atoms with E-state index < -0.39 is 0 Å². The molecule has 0 unspecified atom stereocenters. The Kier molecular flexibility index (Phi) is 2.00. The number of benzene rings is 1. The van der Waals surface area contributed by atoms with Gasteiger partial charge >= 0.3 is 5.95 Å². The molecular weight excluding hydrogens is 224 g/mol. The molecule has 3 rings (SSSR count). The number of aromatic hydroxyl groups is 1. The summed E-state index contributed by atoms with van der Waals surface area (Å²) in [6.07, 6.45) is 1.47. The van der Waals surface area contributed by atoms with Crippen LogP contribution in [0.5, 0.6) is 5.88 Å². The average Bonchev–Trinajstić information content (AvgIpc) is 2.84. The lowest BCUT2D eigenvalue weighted by Gasteiger charge is -1.86. The number of imidazole rings is 1. The van der Waals surface area contributed by atoms with E-state index in [2.05, 4.69) is 20.3 Å². The zero-order chi connectivity index (χ0) is 11.0. The molecule has 80 valence electrons. The summed E-state index contributed by atoms with van der Waals surface area (Å²) in [6, 6.07) is 7.93. The molecule has 0 bridgehead atoms.